The van der Waals surface area contributed by atoms with E-state index in [1.165, 1.54) is 6.07 Å². The second-order valence-corrected chi connectivity index (χ2v) is 3.11. The zero-order chi connectivity index (χ0) is 9.97. The topological polar surface area (TPSA) is 12.5 Å². The van der Waals surface area contributed by atoms with Gasteiger partial charge in [-0.3, -0.25) is 0 Å². The molecule has 1 aromatic carbocycles. The average molecular weight is 198 g/mol. The van der Waals surface area contributed by atoms with Crippen LogP contribution in [0.3, 0.4) is 0 Å². The van der Waals surface area contributed by atoms with E-state index in [1.807, 2.05) is 4.90 Å². The molecular formula is C10H10F2NO. The molecule has 14 heavy (non-hydrogen) atoms. The van der Waals surface area contributed by atoms with Crippen LogP contribution in [0.25, 0.3) is 0 Å². The summed E-state index contributed by atoms with van der Waals surface area (Å²) in [5.74, 6) is -1.21. The molecule has 1 aliphatic rings. The van der Waals surface area contributed by atoms with Crippen molar-refractivity contribution >= 4 is 5.69 Å². The molecule has 75 valence electrons. The van der Waals surface area contributed by atoms with Gasteiger partial charge in [0.2, 0.25) is 0 Å². The molecule has 2 nitrogen and oxygen atoms in total. The molecule has 1 aromatic rings. The summed E-state index contributed by atoms with van der Waals surface area (Å²) in [7, 11) is 0. The molecule has 1 heterocycles. The molecule has 1 fully saturated rings. The van der Waals surface area contributed by atoms with Gasteiger partial charge in [-0.25, -0.2) is 8.78 Å². The van der Waals surface area contributed by atoms with E-state index >= 15 is 0 Å². The Morgan fingerprint density at radius 3 is 2.64 bits per heavy atom. The lowest BCUT2D eigenvalue weighted by Gasteiger charge is -2.28. The Labute approximate surface area is 81.1 Å². The Hall–Kier alpha value is -1.16. The number of halogens is 2. The highest BCUT2D eigenvalue weighted by atomic mass is 19.1. The first-order chi connectivity index (χ1) is 6.77. The van der Waals surface area contributed by atoms with Crippen molar-refractivity contribution in [1.29, 1.82) is 0 Å². The highest BCUT2D eigenvalue weighted by molar-refractivity contribution is 5.47. The maximum atomic E-state index is 13.3. The molecule has 1 saturated heterocycles. The Balaban J connectivity index is 2.22. The molecule has 0 amide bonds. The van der Waals surface area contributed by atoms with E-state index in [2.05, 4.69) is 6.07 Å². The van der Waals surface area contributed by atoms with Crippen molar-refractivity contribution in [3.05, 3.63) is 29.8 Å². The lowest BCUT2D eigenvalue weighted by atomic mass is 10.2. The monoisotopic (exact) mass is 198 g/mol. The molecule has 0 unspecified atom stereocenters. The van der Waals surface area contributed by atoms with Crippen LogP contribution in [0.1, 0.15) is 0 Å². The number of morpholine rings is 1. The smallest absolute Gasteiger partial charge is 0.149 e. The molecule has 0 spiro atoms. The van der Waals surface area contributed by atoms with Crippen molar-refractivity contribution in [3.63, 3.8) is 0 Å². The van der Waals surface area contributed by atoms with Gasteiger partial charge in [-0.2, -0.15) is 0 Å². The summed E-state index contributed by atoms with van der Waals surface area (Å²) in [5.41, 5.74) is 0.398. The van der Waals surface area contributed by atoms with Gasteiger partial charge in [0.15, 0.2) is 0 Å². The van der Waals surface area contributed by atoms with E-state index < -0.39 is 11.6 Å². The van der Waals surface area contributed by atoms with Crippen molar-refractivity contribution in [2.45, 2.75) is 0 Å². The number of hydrogen-bond donors (Lipinski definition) is 0. The first kappa shape index (κ1) is 9.40. The fraction of sp³-hybridized carbons (Fsp3) is 0.400. The minimum Gasteiger partial charge on any atom is -0.378 e. The maximum absolute atomic E-state index is 13.3. The fourth-order valence-electron chi connectivity index (χ4n) is 1.48. The molecule has 0 atom stereocenters. The molecule has 4 heteroatoms. The quantitative estimate of drug-likeness (QED) is 0.679. The SMILES string of the molecule is Fc1[c]cc(N2CCOCC2)c(F)c1. The number of hydrogen-bond acceptors (Lipinski definition) is 2. The Morgan fingerprint density at radius 2 is 2.00 bits per heavy atom. The Morgan fingerprint density at radius 1 is 1.29 bits per heavy atom. The molecule has 0 aliphatic carbocycles. The lowest BCUT2D eigenvalue weighted by molar-refractivity contribution is 0.122. The molecule has 0 saturated carbocycles. The largest absolute Gasteiger partial charge is 0.378 e. The molecule has 0 aromatic heterocycles. The standard InChI is InChI=1S/C10H10F2NO/c11-8-1-2-10(9(12)7-8)13-3-5-14-6-4-13/h2,7H,3-6H2. The van der Waals surface area contributed by atoms with Gasteiger partial charge in [-0.05, 0) is 6.07 Å². The zero-order valence-electron chi connectivity index (χ0n) is 7.59. The number of benzene rings is 1. The highest BCUT2D eigenvalue weighted by Crippen LogP contribution is 2.20. The molecule has 0 bridgehead atoms. The maximum Gasteiger partial charge on any atom is 0.149 e. The van der Waals surface area contributed by atoms with E-state index in [1.54, 1.807) is 0 Å². The van der Waals surface area contributed by atoms with E-state index in [4.69, 9.17) is 4.74 Å². The number of ether oxygens (including phenoxy) is 1. The Kier molecular flexibility index (Phi) is 2.63. The summed E-state index contributed by atoms with van der Waals surface area (Å²) in [6, 6.07) is 4.54. The van der Waals surface area contributed by atoms with Crippen LogP contribution >= 0.6 is 0 Å². The molecule has 1 radical (unpaired) electrons. The first-order valence-corrected chi connectivity index (χ1v) is 4.47. The van der Waals surface area contributed by atoms with E-state index in [0.29, 0.717) is 32.0 Å². The third kappa shape index (κ3) is 1.85. The van der Waals surface area contributed by atoms with Gasteiger partial charge in [0.05, 0.1) is 18.9 Å². The fourth-order valence-corrected chi connectivity index (χ4v) is 1.48. The van der Waals surface area contributed by atoms with Crippen LogP contribution in [-0.4, -0.2) is 26.3 Å². The van der Waals surface area contributed by atoms with Crippen LogP contribution < -0.4 is 4.90 Å². The van der Waals surface area contributed by atoms with Crippen molar-refractivity contribution < 1.29 is 13.5 Å². The van der Waals surface area contributed by atoms with Crippen molar-refractivity contribution in [2.24, 2.45) is 0 Å². The van der Waals surface area contributed by atoms with Gasteiger partial charge in [0.25, 0.3) is 0 Å². The summed E-state index contributed by atoms with van der Waals surface area (Å²) in [4.78, 5) is 1.83. The summed E-state index contributed by atoms with van der Waals surface area (Å²) in [6.45, 7) is 2.43. The van der Waals surface area contributed by atoms with Crippen LogP contribution in [0.5, 0.6) is 0 Å². The first-order valence-electron chi connectivity index (χ1n) is 4.47. The van der Waals surface area contributed by atoms with Gasteiger partial charge >= 0.3 is 0 Å². The van der Waals surface area contributed by atoms with Crippen LogP contribution in [0.4, 0.5) is 14.5 Å². The number of nitrogens with zero attached hydrogens (tertiary/aromatic N) is 1. The van der Waals surface area contributed by atoms with Crippen LogP contribution in [-0.2, 0) is 4.74 Å². The molecule has 1 aliphatic heterocycles. The van der Waals surface area contributed by atoms with Crippen molar-refractivity contribution in [2.75, 3.05) is 31.2 Å². The minimum atomic E-state index is -0.667. The summed E-state index contributed by atoms with van der Waals surface area (Å²) in [5, 5.41) is 0. The molecule has 0 N–H and O–H groups in total. The van der Waals surface area contributed by atoms with Crippen LogP contribution in [0.2, 0.25) is 0 Å². The van der Waals surface area contributed by atoms with Gasteiger partial charge < -0.3 is 9.64 Å². The highest BCUT2D eigenvalue weighted by Gasteiger charge is 2.15. The van der Waals surface area contributed by atoms with Gasteiger partial charge in [0.1, 0.15) is 11.6 Å². The third-order valence-corrected chi connectivity index (χ3v) is 2.20. The van der Waals surface area contributed by atoms with Crippen LogP contribution in [0.15, 0.2) is 12.1 Å². The number of rotatable bonds is 1. The van der Waals surface area contributed by atoms with Crippen molar-refractivity contribution in [3.8, 4) is 0 Å². The summed E-state index contributed by atoms with van der Waals surface area (Å²) >= 11 is 0. The number of anilines is 1. The van der Waals surface area contributed by atoms with E-state index in [0.717, 1.165) is 6.07 Å². The lowest BCUT2D eigenvalue weighted by Crippen LogP contribution is -2.36. The predicted octanol–water partition coefficient (Wildman–Crippen LogP) is 1.60. The second kappa shape index (κ2) is 3.92. The summed E-state index contributed by atoms with van der Waals surface area (Å²) < 4.78 is 31.0. The van der Waals surface area contributed by atoms with Gasteiger partial charge in [-0.15, -0.1) is 0 Å². The molecular weight excluding hydrogens is 188 g/mol. The van der Waals surface area contributed by atoms with E-state index in [-0.39, 0.29) is 0 Å². The predicted molar refractivity (Wildman–Crippen MR) is 48.2 cm³/mol. The molecule has 2 rings (SSSR count). The average Bonchev–Trinajstić information content (AvgIpc) is 2.19. The summed E-state index contributed by atoms with van der Waals surface area (Å²) in [6.07, 6.45) is 0. The Bertz CT molecular complexity index is 324. The third-order valence-electron chi connectivity index (χ3n) is 2.20. The van der Waals surface area contributed by atoms with Crippen LogP contribution in [0, 0.1) is 17.7 Å². The van der Waals surface area contributed by atoms with Gasteiger partial charge in [0, 0.05) is 25.2 Å². The second-order valence-electron chi connectivity index (χ2n) is 3.11. The minimum absolute atomic E-state index is 0.398. The van der Waals surface area contributed by atoms with Gasteiger partial charge in [-0.1, -0.05) is 0 Å². The zero-order valence-corrected chi connectivity index (χ0v) is 7.59. The van der Waals surface area contributed by atoms with Crippen molar-refractivity contribution in [1.82, 2.24) is 0 Å². The van der Waals surface area contributed by atoms with E-state index in [9.17, 15) is 8.78 Å². The normalized spacial score (nSPS) is 17.1.